The zero-order valence-electron chi connectivity index (χ0n) is 15.3. The Balaban J connectivity index is 2.09. The highest BCUT2D eigenvalue weighted by Gasteiger charge is 2.20. The van der Waals surface area contributed by atoms with Crippen molar-refractivity contribution in [2.45, 2.75) is 26.2 Å². The van der Waals surface area contributed by atoms with Crippen molar-refractivity contribution in [2.24, 2.45) is 0 Å². The number of amides is 1. The van der Waals surface area contributed by atoms with Gasteiger partial charge < -0.3 is 19.9 Å². The molecule has 6 heteroatoms. The Labute approximate surface area is 152 Å². The molecule has 0 saturated heterocycles. The number of ether oxygens (including phenoxy) is 2. The third-order valence-corrected chi connectivity index (χ3v) is 3.77. The molecule has 2 aromatic carbocycles. The minimum Gasteiger partial charge on any atom is -0.505 e. The first-order valence-corrected chi connectivity index (χ1v) is 8.16. The maximum absolute atomic E-state index is 12.2. The molecule has 2 N–H and O–H groups in total. The third kappa shape index (κ3) is 4.53. The molecule has 0 aliphatic rings. The van der Waals surface area contributed by atoms with Crippen LogP contribution in [0.1, 0.15) is 36.7 Å². The van der Waals surface area contributed by atoms with E-state index in [0.717, 1.165) is 5.56 Å². The smallest absolute Gasteiger partial charge is 0.341 e. The van der Waals surface area contributed by atoms with Gasteiger partial charge in [0.05, 0.1) is 12.8 Å². The van der Waals surface area contributed by atoms with Gasteiger partial charge in [0.15, 0.2) is 12.4 Å². The largest absolute Gasteiger partial charge is 0.505 e. The lowest BCUT2D eigenvalue weighted by molar-refractivity contribution is -0.118. The van der Waals surface area contributed by atoms with Crippen LogP contribution in [0, 0.1) is 0 Å². The molecule has 1 amide bonds. The van der Waals surface area contributed by atoms with Crippen LogP contribution in [0.25, 0.3) is 0 Å². The summed E-state index contributed by atoms with van der Waals surface area (Å²) in [7, 11) is 1.22. The monoisotopic (exact) mass is 357 g/mol. The van der Waals surface area contributed by atoms with E-state index in [1.165, 1.54) is 25.3 Å². The molecule has 0 heterocycles. The molecule has 0 unspecified atom stereocenters. The third-order valence-electron chi connectivity index (χ3n) is 3.77. The molecule has 0 spiro atoms. The maximum atomic E-state index is 12.2. The number of carbonyl (C=O) groups excluding carboxylic acids is 2. The maximum Gasteiger partial charge on any atom is 0.341 e. The summed E-state index contributed by atoms with van der Waals surface area (Å²) >= 11 is 0. The Bertz CT molecular complexity index is 808. The number of aromatic hydroxyl groups is 1. The van der Waals surface area contributed by atoms with Crippen LogP contribution in [0.15, 0.2) is 42.5 Å². The highest BCUT2D eigenvalue weighted by molar-refractivity contribution is 5.98. The van der Waals surface area contributed by atoms with Crippen LogP contribution in [0.2, 0.25) is 0 Å². The number of para-hydroxylation sites is 2. The Morgan fingerprint density at radius 1 is 1.08 bits per heavy atom. The fourth-order valence-corrected chi connectivity index (χ4v) is 2.46. The van der Waals surface area contributed by atoms with Gasteiger partial charge in [-0.15, -0.1) is 0 Å². The number of esters is 1. The second-order valence-electron chi connectivity index (χ2n) is 6.78. The van der Waals surface area contributed by atoms with Gasteiger partial charge in [-0.25, -0.2) is 4.79 Å². The van der Waals surface area contributed by atoms with Gasteiger partial charge in [-0.05, 0) is 29.2 Å². The molecule has 2 aromatic rings. The molecule has 0 aliphatic heterocycles. The van der Waals surface area contributed by atoms with Crippen molar-refractivity contribution >= 4 is 17.6 Å². The van der Waals surface area contributed by atoms with Crippen molar-refractivity contribution < 1.29 is 24.2 Å². The lowest BCUT2D eigenvalue weighted by Gasteiger charge is -2.22. The summed E-state index contributed by atoms with van der Waals surface area (Å²) in [4.78, 5) is 23.8. The highest BCUT2D eigenvalue weighted by atomic mass is 16.5. The number of hydrogen-bond donors (Lipinski definition) is 2. The van der Waals surface area contributed by atoms with Crippen LogP contribution >= 0.6 is 0 Å². The van der Waals surface area contributed by atoms with Gasteiger partial charge in [0.25, 0.3) is 5.91 Å². The number of phenols is 1. The topological polar surface area (TPSA) is 84.9 Å². The SMILES string of the molecule is COC(=O)c1cccc(NC(=O)COc2ccccc2C(C)(C)C)c1O. The molecule has 2 rings (SSSR count). The van der Waals surface area contributed by atoms with Gasteiger partial charge in [0.2, 0.25) is 0 Å². The van der Waals surface area contributed by atoms with Gasteiger partial charge in [-0.3, -0.25) is 4.79 Å². The fourth-order valence-electron chi connectivity index (χ4n) is 2.46. The number of phenolic OH excluding ortho intramolecular Hbond substituents is 1. The standard InChI is InChI=1S/C20H23NO5/c1-20(2,3)14-9-5-6-11-16(14)26-12-17(22)21-15-10-7-8-13(18(15)23)19(24)25-4/h5-11,23H,12H2,1-4H3,(H,21,22). The summed E-state index contributed by atoms with van der Waals surface area (Å²) in [5.74, 6) is -0.856. The average molecular weight is 357 g/mol. The number of rotatable bonds is 5. The summed E-state index contributed by atoms with van der Waals surface area (Å²) in [6.07, 6.45) is 0. The first kappa shape index (κ1) is 19.3. The second kappa shape index (κ2) is 7.91. The number of carbonyl (C=O) groups is 2. The predicted molar refractivity (Wildman–Crippen MR) is 98.7 cm³/mol. The molecular weight excluding hydrogens is 334 g/mol. The molecule has 138 valence electrons. The predicted octanol–water partition coefficient (Wildman–Crippen LogP) is 3.49. The quantitative estimate of drug-likeness (QED) is 0.632. The Hall–Kier alpha value is -3.02. The molecule has 0 aliphatic carbocycles. The van der Waals surface area contributed by atoms with Crippen LogP contribution in [0.5, 0.6) is 11.5 Å². The Morgan fingerprint density at radius 3 is 2.42 bits per heavy atom. The summed E-state index contributed by atoms with van der Waals surface area (Å²) in [5.41, 5.74) is 0.957. The van der Waals surface area contributed by atoms with E-state index in [2.05, 4.69) is 30.8 Å². The molecule has 0 saturated carbocycles. The summed E-state index contributed by atoms with van der Waals surface area (Å²) in [6.45, 7) is 5.96. The minimum absolute atomic E-state index is 0.0238. The van der Waals surface area contributed by atoms with Gasteiger partial charge >= 0.3 is 5.97 Å². The van der Waals surface area contributed by atoms with Crippen LogP contribution < -0.4 is 10.1 Å². The van der Waals surface area contributed by atoms with Crippen molar-refractivity contribution in [1.29, 1.82) is 0 Å². The van der Waals surface area contributed by atoms with Gasteiger partial charge in [0, 0.05) is 0 Å². The van der Waals surface area contributed by atoms with Crippen LogP contribution in [0.3, 0.4) is 0 Å². The zero-order chi connectivity index (χ0) is 19.3. The van der Waals surface area contributed by atoms with Crippen molar-refractivity contribution in [3.8, 4) is 11.5 Å². The molecule has 6 nitrogen and oxygen atoms in total. The summed E-state index contributed by atoms with van der Waals surface area (Å²) < 4.78 is 10.2. The fraction of sp³-hybridized carbons (Fsp3) is 0.300. The van der Waals surface area contributed by atoms with Crippen molar-refractivity contribution in [3.05, 3.63) is 53.6 Å². The highest BCUT2D eigenvalue weighted by Crippen LogP contribution is 2.31. The number of nitrogens with one attached hydrogen (secondary N) is 1. The normalized spacial score (nSPS) is 10.9. The molecule has 26 heavy (non-hydrogen) atoms. The van der Waals surface area contributed by atoms with Crippen molar-refractivity contribution in [1.82, 2.24) is 0 Å². The summed E-state index contributed by atoms with van der Waals surface area (Å²) in [6, 6.07) is 12.0. The molecule has 0 aromatic heterocycles. The zero-order valence-corrected chi connectivity index (χ0v) is 15.3. The van der Waals surface area contributed by atoms with Crippen molar-refractivity contribution in [2.75, 3.05) is 19.0 Å². The molecule has 0 bridgehead atoms. The molecule has 0 radical (unpaired) electrons. The molecular formula is C20H23NO5. The van der Waals surface area contributed by atoms with Gasteiger partial charge in [-0.2, -0.15) is 0 Å². The Kier molecular flexibility index (Phi) is 5.87. The Morgan fingerprint density at radius 2 is 1.77 bits per heavy atom. The second-order valence-corrected chi connectivity index (χ2v) is 6.78. The van der Waals surface area contributed by atoms with E-state index in [0.29, 0.717) is 5.75 Å². The van der Waals surface area contributed by atoms with Crippen LogP contribution in [-0.2, 0) is 14.9 Å². The minimum atomic E-state index is -0.686. The number of anilines is 1. The van der Waals surface area contributed by atoms with E-state index in [9.17, 15) is 14.7 Å². The average Bonchev–Trinajstić information content (AvgIpc) is 2.60. The first-order chi connectivity index (χ1) is 12.2. The van der Waals surface area contributed by atoms with E-state index in [-0.39, 0.29) is 29.0 Å². The van der Waals surface area contributed by atoms with E-state index in [4.69, 9.17) is 4.74 Å². The molecule has 0 fully saturated rings. The van der Waals surface area contributed by atoms with E-state index in [1.807, 2.05) is 24.3 Å². The first-order valence-electron chi connectivity index (χ1n) is 8.16. The van der Waals surface area contributed by atoms with Crippen molar-refractivity contribution in [3.63, 3.8) is 0 Å². The number of benzene rings is 2. The van der Waals surface area contributed by atoms with Crippen LogP contribution in [-0.4, -0.2) is 30.7 Å². The van der Waals surface area contributed by atoms with E-state index >= 15 is 0 Å². The van der Waals surface area contributed by atoms with Crippen LogP contribution in [0.4, 0.5) is 5.69 Å². The number of hydrogen-bond acceptors (Lipinski definition) is 5. The lowest BCUT2D eigenvalue weighted by atomic mass is 9.86. The van der Waals surface area contributed by atoms with E-state index < -0.39 is 11.9 Å². The number of methoxy groups -OCH3 is 1. The van der Waals surface area contributed by atoms with Gasteiger partial charge in [0.1, 0.15) is 11.3 Å². The lowest BCUT2D eigenvalue weighted by Crippen LogP contribution is -2.22. The summed E-state index contributed by atoms with van der Waals surface area (Å²) in [5, 5.41) is 12.7. The molecule has 0 atom stereocenters. The van der Waals surface area contributed by atoms with E-state index in [1.54, 1.807) is 0 Å². The van der Waals surface area contributed by atoms with Gasteiger partial charge in [-0.1, -0.05) is 45.0 Å².